The predicted octanol–water partition coefficient (Wildman–Crippen LogP) is -1.65. The minimum Gasteiger partial charge on any atom is -0.456 e. The molecule has 1 N–H and O–H groups in total. The van der Waals surface area contributed by atoms with Crippen molar-refractivity contribution in [2.75, 3.05) is 6.54 Å². The Hall–Kier alpha value is -2.22. The molecule has 1 aromatic heterocycles. The molecule has 2 aromatic carbocycles. The zero-order valence-electron chi connectivity index (χ0n) is 15.5. The minimum atomic E-state index is -4.94. The first-order chi connectivity index (χ1) is 12.7. The highest BCUT2D eigenvalue weighted by atomic mass is 35.7. The van der Waals surface area contributed by atoms with Gasteiger partial charge in [0, 0.05) is 12.0 Å². The lowest BCUT2D eigenvalue weighted by molar-refractivity contribution is -2.00. The molecule has 0 radical (unpaired) electrons. The first kappa shape index (κ1) is 21.1. The standard InChI is InChI=1S/C20H21NO.ClHO4/c1-4-11-21-18-13-20(16-8-5-14(2)6-9-16)22-19-10-7-15(3)12-17(18)19;2-1(3,4)5/h5-10,12-13H,4,11H2,1-3H3;(H,2,3,4,5). The van der Waals surface area contributed by atoms with Crippen LogP contribution < -0.4 is 29.0 Å². The number of hydrogen-bond donors (Lipinski definition) is 1. The molecular formula is C20H22ClNO5. The van der Waals surface area contributed by atoms with E-state index in [-0.39, 0.29) is 0 Å². The first-order valence-corrected chi connectivity index (χ1v) is 9.71. The van der Waals surface area contributed by atoms with Crippen LogP contribution in [0.1, 0.15) is 24.5 Å². The Morgan fingerprint density at radius 1 is 0.889 bits per heavy atom. The third kappa shape index (κ3) is 6.78. The summed E-state index contributed by atoms with van der Waals surface area (Å²) in [5.41, 5.74) is 4.52. The molecular weight excluding hydrogens is 370 g/mol. The lowest BCUT2D eigenvalue weighted by atomic mass is 10.1. The van der Waals surface area contributed by atoms with Crippen molar-refractivity contribution < 1.29 is 38.3 Å². The van der Waals surface area contributed by atoms with Gasteiger partial charge in [0.05, 0.1) is 11.5 Å². The van der Waals surface area contributed by atoms with Crippen molar-refractivity contribution in [2.45, 2.75) is 27.2 Å². The Balaban J connectivity index is 0.000000465. The summed E-state index contributed by atoms with van der Waals surface area (Å²) in [5, 5.41) is 2.28. The summed E-state index contributed by atoms with van der Waals surface area (Å²) in [6, 6.07) is 16.9. The average molecular weight is 392 g/mol. The summed E-state index contributed by atoms with van der Waals surface area (Å²) >= 11 is 0. The van der Waals surface area contributed by atoms with Crippen LogP contribution in [0, 0.1) is 24.1 Å². The first-order valence-electron chi connectivity index (χ1n) is 8.47. The summed E-state index contributed by atoms with van der Waals surface area (Å²) in [6.45, 7) is 7.34. The van der Waals surface area contributed by atoms with Crippen molar-refractivity contribution in [3.63, 3.8) is 0 Å². The van der Waals surface area contributed by atoms with Crippen molar-refractivity contribution in [3.8, 4) is 11.3 Å². The van der Waals surface area contributed by atoms with Gasteiger partial charge in [-0.15, -0.1) is 10.2 Å². The molecule has 144 valence electrons. The number of aryl methyl sites for hydroxylation is 2. The van der Waals surface area contributed by atoms with Crippen molar-refractivity contribution in [1.29, 1.82) is 0 Å². The molecule has 7 heteroatoms. The van der Waals surface area contributed by atoms with E-state index >= 15 is 0 Å². The van der Waals surface area contributed by atoms with Gasteiger partial charge in [0.2, 0.25) is 5.36 Å². The maximum Gasteiger partial charge on any atom is 0.213 e. The number of benzene rings is 2. The molecule has 0 saturated heterocycles. The fourth-order valence-electron chi connectivity index (χ4n) is 2.57. The molecule has 0 aliphatic heterocycles. The molecule has 6 nitrogen and oxygen atoms in total. The lowest BCUT2D eigenvalue weighted by Crippen LogP contribution is -2.76. The Morgan fingerprint density at radius 3 is 2.07 bits per heavy atom. The molecule has 0 bridgehead atoms. The zero-order chi connectivity index (χ0) is 20.0. The summed E-state index contributed by atoms with van der Waals surface area (Å²) in [4.78, 5) is 3.53. The van der Waals surface area contributed by atoms with Gasteiger partial charge in [0.25, 0.3) is 0 Å². The van der Waals surface area contributed by atoms with Gasteiger partial charge in [-0.3, -0.25) is 0 Å². The van der Waals surface area contributed by atoms with Crippen LogP contribution in [0.15, 0.2) is 52.9 Å². The Bertz CT molecular complexity index is 953. The van der Waals surface area contributed by atoms with Crippen molar-refractivity contribution in [2.24, 2.45) is 0 Å². The van der Waals surface area contributed by atoms with E-state index in [4.69, 9.17) is 23.1 Å². The number of hydrogen-bond acceptors (Lipinski definition) is 5. The van der Waals surface area contributed by atoms with Crippen LogP contribution in [0.2, 0.25) is 0 Å². The van der Waals surface area contributed by atoms with Crippen LogP contribution in [-0.2, 0) is 0 Å². The quantitative estimate of drug-likeness (QED) is 0.573. The van der Waals surface area contributed by atoms with E-state index in [0.29, 0.717) is 0 Å². The van der Waals surface area contributed by atoms with E-state index in [2.05, 4.69) is 74.3 Å². The van der Waals surface area contributed by atoms with Crippen LogP contribution in [-0.4, -0.2) is 6.54 Å². The summed E-state index contributed by atoms with van der Waals surface area (Å²) in [5.74, 6) is 0.898. The highest BCUT2D eigenvalue weighted by molar-refractivity contribution is 5.78. The lowest BCUT2D eigenvalue weighted by Gasteiger charge is -2.17. The van der Waals surface area contributed by atoms with Gasteiger partial charge in [-0.05, 0) is 26.0 Å². The summed E-state index contributed by atoms with van der Waals surface area (Å²) in [7, 11) is -4.94. The summed E-state index contributed by atoms with van der Waals surface area (Å²) in [6.07, 6.45) is 1.10. The molecule has 0 saturated carbocycles. The smallest absolute Gasteiger partial charge is 0.213 e. The van der Waals surface area contributed by atoms with Gasteiger partial charge < -0.3 is 4.42 Å². The molecule has 0 aliphatic rings. The van der Waals surface area contributed by atoms with E-state index < -0.39 is 10.2 Å². The third-order valence-corrected chi connectivity index (χ3v) is 3.82. The Labute approximate surface area is 159 Å². The summed E-state index contributed by atoms with van der Waals surface area (Å²) < 4.78 is 40.1. The predicted molar refractivity (Wildman–Crippen MR) is 90.4 cm³/mol. The van der Waals surface area contributed by atoms with E-state index in [9.17, 15) is 0 Å². The fraction of sp³-hybridized carbons (Fsp3) is 0.250. The number of halogens is 1. The molecule has 1 heterocycles. The van der Waals surface area contributed by atoms with Crippen LogP contribution in [0.4, 0.5) is 0 Å². The van der Waals surface area contributed by atoms with E-state index in [0.717, 1.165) is 40.6 Å². The van der Waals surface area contributed by atoms with Crippen molar-refractivity contribution in [3.05, 3.63) is 65.0 Å². The SMILES string of the molecule is CCC[NH+]=c1cc(-c2ccc(C)cc2)oc2ccc(C)cc12.[O-][Cl+3]([O-])([O-])[O-]. The highest BCUT2D eigenvalue weighted by Crippen LogP contribution is 2.22. The van der Waals surface area contributed by atoms with Crippen molar-refractivity contribution >= 4 is 11.0 Å². The van der Waals surface area contributed by atoms with Gasteiger partial charge in [-0.1, -0.05) is 48.4 Å². The van der Waals surface area contributed by atoms with Gasteiger partial charge >= 0.3 is 0 Å². The molecule has 3 rings (SSSR count). The number of fused-ring (bicyclic) bond motifs is 1. The largest absolute Gasteiger partial charge is 0.456 e. The fourth-order valence-corrected chi connectivity index (χ4v) is 2.57. The molecule has 0 aliphatic carbocycles. The topological polar surface area (TPSA) is 119 Å². The van der Waals surface area contributed by atoms with Gasteiger partial charge in [0.1, 0.15) is 17.9 Å². The molecule has 0 atom stereocenters. The Kier molecular flexibility index (Phi) is 7.12. The third-order valence-electron chi connectivity index (χ3n) is 3.82. The molecule has 0 fully saturated rings. The monoisotopic (exact) mass is 391 g/mol. The normalized spacial score (nSPS) is 12.0. The van der Waals surface area contributed by atoms with E-state index in [1.165, 1.54) is 11.1 Å². The Morgan fingerprint density at radius 2 is 1.48 bits per heavy atom. The average Bonchev–Trinajstić information content (AvgIpc) is 2.59. The van der Waals surface area contributed by atoms with Gasteiger partial charge in [0.15, 0.2) is 0 Å². The minimum absolute atomic E-state index is 0.898. The molecule has 0 unspecified atom stereocenters. The molecule has 3 aromatic rings. The second-order valence-electron chi connectivity index (χ2n) is 6.19. The molecule has 0 amide bonds. The maximum atomic E-state index is 8.49. The van der Waals surface area contributed by atoms with Crippen LogP contribution in [0.25, 0.3) is 22.3 Å². The van der Waals surface area contributed by atoms with Crippen LogP contribution in [0.3, 0.4) is 0 Å². The van der Waals surface area contributed by atoms with Gasteiger partial charge in [-0.2, -0.15) is 0 Å². The maximum absolute atomic E-state index is 8.49. The van der Waals surface area contributed by atoms with E-state index in [1.54, 1.807) is 0 Å². The zero-order valence-corrected chi connectivity index (χ0v) is 16.2. The van der Waals surface area contributed by atoms with Crippen molar-refractivity contribution in [1.82, 2.24) is 0 Å². The second kappa shape index (κ2) is 9.12. The molecule has 0 spiro atoms. The highest BCUT2D eigenvalue weighted by Gasteiger charge is 2.09. The number of rotatable bonds is 3. The number of nitrogens with one attached hydrogen (secondary N) is 1. The van der Waals surface area contributed by atoms with Crippen LogP contribution in [0.5, 0.6) is 0 Å². The van der Waals surface area contributed by atoms with Crippen LogP contribution >= 0.6 is 0 Å². The molecule has 27 heavy (non-hydrogen) atoms. The van der Waals surface area contributed by atoms with E-state index in [1.807, 2.05) is 0 Å². The van der Waals surface area contributed by atoms with Gasteiger partial charge in [-0.25, -0.2) is 23.6 Å². The second-order valence-corrected chi connectivity index (χ2v) is 6.95.